The highest BCUT2D eigenvalue weighted by molar-refractivity contribution is 9.10. The lowest BCUT2D eigenvalue weighted by Gasteiger charge is -2.15. The second kappa shape index (κ2) is 9.29. The SMILES string of the molecule is CC.Cc1c(Br)cccc1Nc1nccc2cc(CN3CCCC3)cnc12. The van der Waals surface area contributed by atoms with Crippen molar-refractivity contribution in [3.05, 3.63) is 58.3 Å². The predicted octanol–water partition coefficient (Wildman–Crippen LogP) is 6.07. The van der Waals surface area contributed by atoms with Gasteiger partial charge in [-0.25, -0.2) is 4.98 Å². The van der Waals surface area contributed by atoms with Gasteiger partial charge in [-0.1, -0.05) is 35.8 Å². The van der Waals surface area contributed by atoms with Crippen LogP contribution < -0.4 is 5.32 Å². The zero-order valence-corrected chi connectivity index (χ0v) is 17.9. The summed E-state index contributed by atoms with van der Waals surface area (Å²) in [7, 11) is 0. The number of aromatic nitrogens is 2. The highest BCUT2D eigenvalue weighted by Gasteiger charge is 2.13. The summed E-state index contributed by atoms with van der Waals surface area (Å²) in [5.74, 6) is 0.798. The number of likely N-dealkylation sites (tertiary alicyclic amines) is 1. The van der Waals surface area contributed by atoms with Gasteiger partial charge in [-0.3, -0.25) is 9.88 Å². The number of benzene rings is 1. The molecule has 4 nitrogen and oxygen atoms in total. The maximum absolute atomic E-state index is 4.71. The number of pyridine rings is 2. The van der Waals surface area contributed by atoms with Crippen molar-refractivity contribution in [3.8, 4) is 0 Å². The average molecular weight is 427 g/mol. The molecular weight excluding hydrogens is 400 g/mol. The quantitative estimate of drug-likeness (QED) is 0.549. The molecule has 0 unspecified atom stereocenters. The molecule has 1 aliphatic heterocycles. The number of nitrogens with one attached hydrogen (secondary N) is 1. The molecule has 3 heterocycles. The van der Waals surface area contributed by atoms with Gasteiger partial charge in [0.1, 0.15) is 5.52 Å². The standard InChI is InChI=1S/C20H21BrN4.C2H6/c1-14-17(21)5-4-6-18(14)24-20-19-16(7-8-22-20)11-15(12-23-19)13-25-9-2-3-10-25;1-2/h4-8,11-12H,2-3,9-10,13H2,1H3,(H,22,24);1-2H3. The number of hydrogen-bond acceptors (Lipinski definition) is 4. The van der Waals surface area contributed by atoms with Crippen molar-refractivity contribution in [3.63, 3.8) is 0 Å². The van der Waals surface area contributed by atoms with Gasteiger partial charge in [0.15, 0.2) is 5.82 Å². The van der Waals surface area contributed by atoms with E-state index < -0.39 is 0 Å². The minimum Gasteiger partial charge on any atom is -0.338 e. The summed E-state index contributed by atoms with van der Waals surface area (Å²) in [6.07, 6.45) is 6.45. The summed E-state index contributed by atoms with van der Waals surface area (Å²) < 4.78 is 1.08. The first-order valence-corrected chi connectivity index (χ1v) is 10.5. The maximum atomic E-state index is 4.71. The van der Waals surface area contributed by atoms with Crippen LogP contribution in [0.4, 0.5) is 11.5 Å². The first-order chi connectivity index (χ1) is 13.2. The number of fused-ring (bicyclic) bond motifs is 1. The lowest BCUT2D eigenvalue weighted by Crippen LogP contribution is -2.18. The zero-order valence-electron chi connectivity index (χ0n) is 16.3. The lowest BCUT2D eigenvalue weighted by molar-refractivity contribution is 0.331. The number of nitrogens with zero attached hydrogens (tertiary/aromatic N) is 3. The topological polar surface area (TPSA) is 41.1 Å². The molecule has 0 spiro atoms. The molecule has 0 atom stereocenters. The smallest absolute Gasteiger partial charge is 0.156 e. The van der Waals surface area contributed by atoms with Crippen molar-refractivity contribution in [2.24, 2.45) is 0 Å². The Morgan fingerprint density at radius 3 is 2.67 bits per heavy atom. The maximum Gasteiger partial charge on any atom is 0.156 e. The second-order valence-electron chi connectivity index (χ2n) is 6.60. The third-order valence-corrected chi connectivity index (χ3v) is 5.64. The minimum atomic E-state index is 0.798. The fraction of sp³-hybridized carbons (Fsp3) is 0.364. The van der Waals surface area contributed by atoms with Crippen molar-refractivity contribution in [1.29, 1.82) is 0 Å². The molecule has 5 heteroatoms. The van der Waals surface area contributed by atoms with Crippen LogP contribution in [0.25, 0.3) is 10.9 Å². The summed E-state index contributed by atoms with van der Waals surface area (Å²) >= 11 is 3.58. The van der Waals surface area contributed by atoms with E-state index in [4.69, 9.17) is 4.98 Å². The van der Waals surface area contributed by atoms with Crippen LogP contribution in [0.2, 0.25) is 0 Å². The Balaban J connectivity index is 0.00000102. The third kappa shape index (κ3) is 4.66. The first-order valence-electron chi connectivity index (χ1n) is 9.69. The molecule has 0 aliphatic carbocycles. The van der Waals surface area contributed by atoms with Crippen LogP contribution >= 0.6 is 15.9 Å². The van der Waals surface area contributed by atoms with Gasteiger partial charge in [-0.2, -0.15) is 0 Å². The lowest BCUT2D eigenvalue weighted by atomic mass is 10.1. The summed E-state index contributed by atoms with van der Waals surface area (Å²) in [5.41, 5.74) is 4.38. The van der Waals surface area contributed by atoms with E-state index in [1.54, 1.807) is 0 Å². The Hall–Kier alpha value is -1.98. The Labute approximate surface area is 170 Å². The summed E-state index contributed by atoms with van der Waals surface area (Å²) in [5, 5.41) is 4.56. The van der Waals surface area contributed by atoms with Gasteiger partial charge < -0.3 is 5.32 Å². The Kier molecular flexibility index (Phi) is 6.80. The van der Waals surface area contributed by atoms with Crippen molar-refractivity contribution < 1.29 is 0 Å². The van der Waals surface area contributed by atoms with Gasteiger partial charge in [0, 0.05) is 34.5 Å². The van der Waals surface area contributed by atoms with E-state index in [2.05, 4.69) is 50.2 Å². The molecule has 0 amide bonds. The van der Waals surface area contributed by atoms with Gasteiger partial charge in [0.2, 0.25) is 0 Å². The molecule has 27 heavy (non-hydrogen) atoms. The Morgan fingerprint density at radius 2 is 1.89 bits per heavy atom. The van der Waals surface area contributed by atoms with E-state index in [1.165, 1.54) is 31.5 Å². The Morgan fingerprint density at radius 1 is 1.11 bits per heavy atom. The molecule has 3 aromatic rings. The molecule has 142 valence electrons. The summed E-state index contributed by atoms with van der Waals surface area (Å²) in [6, 6.07) is 10.4. The summed E-state index contributed by atoms with van der Waals surface area (Å²) in [4.78, 5) is 11.7. The van der Waals surface area contributed by atoms with Crippen LogP contribution in [-0.2, 0) is 6.54 Å². The van der Waals surface area contributed by atoms with Crippen molar-refractivity contribution >= 4 is 38.3 Å². The van der Waals surface area contributed by atoms with E-state index >= 15 is 0 Å². The van der Waals surface area contributed by atoms with Crippen molar-refractivity contribution in [2.45, 2.75) is 40.2 Å². The number of hydrogen-bond donors (Lipinski definition) is 1. The number of rotatable bonds is 4. The van der Waals surface area contributed by atoms with Crippen molar-refractivity contribution in [2.75, 3.05) is 18.4 Å². The molecule has 1 fully saturated rings. The fourth-order valence-electron chi connectivity index (χ4n) is 3.35. The van der Waals surface area contributed by atoms with E-state index in [0.29, 0.717) is 0 Å². The van der Waals surface area contributed by atoms with E-state index in [1.807, 2.05) is 44.4 Å². The molecule has 0 bridgehead atoms. The van der Waals surface area contributed by atoms with E-state index in [-0.39, 0.29) is 0 Å². The molecule has 1 N–H and O–H groups in total. The zero-order chi connectivity index (χ0) is 19.2. The van der Waals surface area contributed by atoms with Gasteiger partial charge in [0.25, 0.3) is 0 Å². The highest BCUT2D eigenvalue weighted by atomic mass is 79.9. The third-order valence-electron chi connectivity index (χ3n) is 4.78. The first kappa shape index (κ1) is 19.8. The van der Waals surface area contributed by atoms with Gasteiger partial charge >= 0.3 is 0 Å². The normalized spacial score (nSPS) is 14.1. The minimum absolute atomic E-state index is 0.798. The summed E-state index contributed by atoms with van der Waals surface area (Å²) in [6.45, 7) is 9.46. The van der Waals surface area contributed by atoms with E-state index in [9.17, 15) is 0 Å². The molecule has 1 aliphatic rings. The average Bonchev–Trinajstić information content (AvgIpc) is 3.20. The molecule has 4 rings (SSSR count). The van der Waals surface area contributed by atoms with Crippen LogP contribution in [0, 0.1) is 6.92 Å². The van der Waals surface area contributed by atoms with Gasteiger partial charge in [0.05, 0.1) is 0 Å². The van der Waals surface area contributed by atoms with Crippen LogP contribution in [0.15, 0.2) is 47.2 Å². The van der Waals surface area contributed by atoms with Crippen LogP contribution in [0.5, 0.6) is 0 Å². The van der Waals surface area contributed by atoms with Crippen LogP contribution in [-0.4, -0.2) is 28.0 Å². The fourth-order valence-corrected chi connectivity index (χ4v) is 3.72. The van der Waals surface area contributed by atoms with Gasteiger partial charge in [-0.05, 0) is 68.2 Å². The van der Waals surface area contributed by atoms with E-state index in [0.717, 1.165) is 39.0 Å². The predicted molar refractivity (Wildman–Crippen MR) is 118 cm³/mol. The molecule has 0 radical (unpaired) electrons. The molecular formula is C22H27BrN4. The van der Waals surface area contributed by atoms with Crippen LogP contribution in [0.3, 0.4) is 0 Å². The Bertz CT molecular complexity index is 904. The molecule has 2 aromatic heterocycles. The molecule has 0 saturated carbocycles. The molecule has 1 aromatic carbocycles. The largest absolute Gasteiger partial charge is 0.338 e. The number of halogens is 1. The monoisotopic (exact) mass is 426 g/mol. The number of anilines is 2. The van der Waals surface area contributed by atoms with Crippen molar-refractivity contribution in [1.82, 2.24) is 14.9 Å². The van der Waals surface area contributed by atoms with Gasteiger partial charge in [-0.15, -0.1) is 0 Å². The molecule has 1 saturated heterocycles. The highest BCUT2D eigenvalue weighted by Crippen LogP contribution is 2.28. The second-order valence-corrected chi connectivity index (χ2v) is 7.45. The van der Waals surface area contributed by atoms with Crippen LogP contribution in [0.1, 0.15) is 37.8 Å².